The standard InChI is InChI=1S/C21H27N/c1-15-12-20-18(19(10-11-22-20)21(2,3)4)14-17(15)13-16-8-6-5-7-9-16/h5-9,12,14,19,22H,10-11,13H2,1-4H3. The van der Waals surface area contributed by atoms with E-state index in [0.29, 0.717) is 11.3 Å². The van der Waals surface area contributed by atoms with Crippen LogP contribution in [-0.4, -0.2) is 6.54 Å². The maximum Gasteiger partial charge on any atom is 0.0378 e. The van der Waals surface area contributed by atoms with Crippen LogP contribution in [0.3, 0.4) is 0 Å². The molecule has 0 radical (unpaired) electrons. The van der Waals surface area contributed by atoms with Gasteiger partial charge in [-0.15, -0.1) is 0 Å². The Labute approximate surface area is 134 Å². The van der Waals surface area contributed by atoms with Crippen molar-refractivity contribution in [2.24, 2.45) is 5.41 Å². The van der Waals surface area contributed by atoms with E-state index in [9.17, 15) is 0 Å². The third kappa shape index (κ3) is 3.04. The summed E-state index contributed by atoms with van der Waals surface area (Å²) >= 11 is 0. The third-order valence-electron chi connectivity index (χ3n) is 4.91. The molecule has 2 aromatic rings. The lowest BCUT2D eigenvalue weighted by Crippen LogP contribution is -2.26. The van der Waals surface area contributed by atoms with Crippen molar-refractivity contribution in [3.05, 3.63) is 64.7 Å². The molecule has 1 nitrogen and oxygen atoms in total. The number of nitrogens with one attached hydrogen (secondary N) is 1. The minimum absolute atomic E-state index is 0.316. The maximum atomic E-state index is 3.60. The van der Waals surface area contributed by atoms with Gasteiger partial charge in [-0.25, -0.2) is 0 Å². The fourth-order valence-electron chi connectivity index (χ4n) is 3.63. The molecule has 1 atom stereocenters. The minimum atomic E-state index is 0.316. The maximum absolute atomic E-state index is 3.60. The van der Waals surface area contributed by atoms with Crippen LogP contribution in [0.4, 0.5) is 5.69 Å². The van der Waals surface area contributed by atoms with Crippen molar-refractivity contribution in [3.63, 3.8) is 0 Å². The summed E-state index contributed by atoms with van der Waals surface area (Å²) in [5.41, 5.74) is 7.42. The Hall–Kier alpha value is -1.76. The molecule has 0 bridgehead atoms. The molecule has 0 aromatic heterocycles. The number of rotatable bonds is 2. The van der Waals surface area contributed by atoms with Crippen LogP contribution < -0.4 is 5.32 Å². The van der Waals surface area contributed by atoms with E-state index in [4.69, 9.17) is 0 Å². The van der Waals surface area contributed by atoms with Gasteiger partial charge in [0.2, 0.25) is 0 Å². The molecule has 3 rings (SSSR count). The van der Waals surface area contributed by atoms with Gasteiger partial charge in [-0.3, -0.25) is 0 Å². The van der Waals surface area contributed by atoms with Crippen LogP contribution in [0.2, 0.25) is 0 Å². The topological polar surface area (TPSA) is 12.0 Å². The van der Waals surface area contributed by atoms with Gasteiger partial charge in [0.05, 0.1) is 0 Å². The Kier molecular flexibility index (Phi) is 3.99. The highest BCUT2D eigenvalue weighted by molar-refractivity contribution is 5.59. The van der Waals surface area contributed by atoms with Gasteiger partial charge in [-0.2, -0.15) is 0 Å². The summed E-state index contributed by atoms with van der Waals surface area (Å²) in [4.78, 5) is 0. The summed E-state index contributed by atoms with van der Waals surface area (Å²) < 4.78 is 0. The van der Waals surface area contributed by atoms with Crippen LogP contribution in [0.1, 0.15) is 55.4 Å². The molecule has 1 N–H and O–H groups in total. The zero-order chi connectivity index (χ0) is 15.7. The summed E-state index contributed by atoms with van der Waals surface area (Å²) in [5.74, 6) is 0.638. The SMILES string of the molecule is Cc1cc2c(cc1Cc1ccccc1)C(C(C)(C)C)CCN2. The molecular weight excluding hydrogens is 266 g/mol. The quantitative estimate of drug-likeness (QED) is 0.767. The van der Waals surface area contributed by atoms with Crippen molar-refractivity contribution in [2.75, 3.05) is 11.9 Å². The number of hydrogen-bond donors (Lipinski definition) is 1. The molecule has 116 valence electrons. The Morgan fingerprint density at radius 2 is 1.82 bits per heavy atom. The first-order valence-electron chi connectivity index (χ1n) is 8.36. The van der Waals surface area contributed by atoms with Crippen molar-refractivity contribution < 1.29 is 0 Å². The van der Waals surface area contributed by atoms with Crippen LogP contribution in [-0.2, 0) is 6.42 Å². The average Bonchev–Trinajstić information content (AvgIpc) is 2.47. The molecule has 22 heavy (non-hydrogen) atoms. The van der Waals surface area contributed by atoms with E-state index in [2.05, 4.69) is 75.5 Å². The van der Waals surface area contributed by atoms with E-state index in [1.54, 1.807) is 0 Å². The van der Waals surface area contributed by atoms with Crippen molar-refractivity contribution in [2.45, 2.75) is 46.5 Å². The lowest BCUT2D eigenvalue weighted by Gasteiger charge is -2.37. The minimum Gasteiger partial charge on any atom is -0.385 e. The van der Waals surface area contributed by atoms with E-state index in [1.165, 1.54) is 34.4 Å². The van der Waals surface area contributed by atoms with Crippen LogP contribution in [0, 0.1) is 12.3 Å². The fourth-order valence-corrected chi connectivity index (χ4v) is 3.63. The van der Waals surface area contributed by atoms with E-state index in [1.807, 2.05) is 0 Å². The van der Waals surface area contributed by atoms with Crippen molar-refractivity contribution in [1.82, 2.24) is 0 Å². The van der Waals surface area contributed by atoms with Crippen molar-refractivity contribution in [3.8, 4) is 0 Å². The molecule has 2 aromatic carbocycles. The average molecular weight is 293 g/mol. The Morgan fingerprint density at radius 3 is 2.50 bits per heavy atom. The predicted molar refractivity (Wildman–Crippen MR) is 95.7 cm³/mol. The predicted octanol–water partition coefficient (Wildman–Crippen LogP) is 5.53. The third-order valence-corrected chi connectivity index (χ3v) is 4.91. The Morgan fingerprint density at radius 1 is 1.09 bits per heavy atom. The van der Waals surface area contributed by atoms with Gasteiger partial charge in [-0.05, 0) is 59.4 Å². The zero-order valence-electron chi connectivity index (χ0n) is 14.2. The first-order valence-corrected chi connectivity index (χ1v) is 8.36. The van der Waals surface area contributed by atoms with Crippen LogP contribution in [0.25, 0.3) is 0 Å². The van der Waals surface area contributed by atoms with Crippen LogP contribution in [0.15, 0.2) is 42.5 Å². The second-order valence-corrected chi connectivity index (χ2v) is 7.66. The largest absolute Gasteiger partial charge is 0.385 e. The number of benzene rings is 2. The summed E-state index contributed by atoms with van der Waals surface area (Å²) in [7, 11) is 0. The monoisotopic (exact) mass is 293 g/mol. The number of hydrogen-bond acceptors (Lipinski definition) is 1. The first kappa shape index (κ1) is 15.1. The zero-order valence-corrected chi connectivity index (χ0v) is 14.2. The van der Waals surface area contributed by atoms with E-state index >= 15 is 0 Å². The first-order chi connectivity index (χ1) is 10.4. The highest BCUT2D eigenvalue weighted by Crippen LogP contribution is 2.44. The van der Waals surface area contributed by atoms with Gasteiger partial charge in [0.15, 0.2) is 0 Å². The highest BCUT2D eigenvalue weighted by atomic mass is 14.9. The Balaban J connectivity index is 1.99. The summed E-state index contributed by atoms with van der Waals surface area (Å²) in [6.07, 6.45) is 2.25. The molecule has 1 heteroatoms. The molecule has 0 saturated heterocycles. The lowest BCUT2D eigenvalue weighted by molar-refractivity contribution is 0.305. The van der Waals surface area contributed by atoms with E-state index in [0.717, 1.165) is 13.0 Å². The van der Waals surface area contributed by atoms with Gasteiger partial charge in [0.1, 0.15) is 0 Å². The molecule has 1 heterocycles. The molecule has 0 amide bonds. The highest BCUT2D eigenvalue weighted by Gasteiger charge is 2.30. The van der Waals surface area contributed by atoms with E-state index in [-0.39, 0.29) is 0 Å². The second-order valence-electron chi connectivity index (χ2n) is 7.66. The van der Waals surface area contributed by atoms with Crippen molar-refractivity contribution >= 4 is 5.69 Å². The Bertz CT molecular complexity index is 650. The molecule has 0 saturated carbocycles. The van der Waals surface area contributed by atoms with Gasteiger partial charge < -0.3 is 5.32 Å². The normalized spacial score (nSPS) is 17.7. The van der Waals surface area contributed by atoms with Crippen molar-refractivity contribution in [1.29, 1.82) is 0 Å². The molecule has 1 aliphatic heterocycles. The smallest absolute Gasteiger partial charge is 0.0378 e. The molecule has 0 aliphatic carbocycles. The van der Waals surface area contributed by atoms with Crippen LogP contribution in [0.5, 0.6) is 0 Å². The number of anilines is 1. The van der Waals surface area contributed by atoms with Gasteiger partial charge in [0, 0.05) is 12.2 Å². The van der Waals surface area contributed by atoms with Crippen LogP contribution >= 0.6 is 0 Å². The molecular formula is C21H27N. The lowest BCUT2D eigenvalue weighted by atomic mass is 9.72. The molecule has 0 spiro atoms. The van der Waals surface area contributed by atoms with Gasteiger partial charge >= 0.3 is 0 Å². The fraction of sp³-hybridized carbons (Fsp3) is 0.429. The number of fused-ring (bicyclic) bond motifs is 1. The molecule has 1 aliphatic rings. The van der Waals surface area contributed by atoms with E-state index < -0.39 is 0 Å². The summed E-state index contributed by atoms with van der Waals surface area (Å²) in [6, 6.07) is 15.6. The summed E-state index contributed by atoms with van der Waals surface area (Å²) in [5, 5.41) is 3.60. The molecule has 1 unspecified atom stereocenters. The van der Waals surface area contributed by atoms with Gasteiger partial charge in [-0.1, -0.05) is 57.2 Å². The second kappa shape index (κ2) is 5.79. The number of aryl methyl sites for hydroxylation is 1. The summed E-state index contributed by atoms with van der Waals surface area (Å²) in [6.45, 7) is 10.4. The molecule has 0 fully saturated rings. The van der Waals surface area contributed by atoms with Gasteiger partial charge in [0.25, 0.3) is 0 Å².